The molecule has 0 spiro atoms. The molecule has 1 heterocycles. The molecule has 0 amide bonds. The first kappa shape index (κ1) is 10.5. The van der Waals surface area contributed by atoms with Gasteiger partial charge in [-0.2, -0.15) is 0 Å². The number of nitrogens with zero attached hydrogens (tertiary/aromatic N) is 1. The lowest BCUT2D eigenvalue weighted by atomic mass is 9.80. The number of fused-ring (bicyclic) bond motifs is 2. The lowest BCUT2D eigenvalue weighted by molar-refractivity contribution is 0.326. The maximum absolute atomic E-state index is 5.84. The minimum Gasteiger partial charge on any atom is -0.316 e. The molecule has 86 valence electrons. The SMILES string of the molecule is CN[C@@H]1[C@@H]2CC[C@@H](C2)[C@H]1c1ccc(Cl)nc1. The van der Waals surface area contributed by atoms with Gasteiger partial charge in [-0.1, -0.05) is 17.7 Å². The average Bonchev–Trinajstić information content (AvgIpc) is 2.89. The molecule has 3 heteroatoms. The van der Waals surface area contributed by atoms with E-state index in [0.717, 1.165) is 11.8 Å². The second kappa shape index (κ2) is 4.01. The highest BCUT2D eigenvalue weighted by molar-refractivity contribution is 6.29. The van der Waals surface area contributed by atoms with Gasteiger partial charge in [-0.15, -0.1) is 0 Å². The lowest BCUT2D eigenvalue weighted by Gasteiger charge is -2.31. The molecule has 2 aliphatic carbocycles. The number of hydrogen-bond acceptors (Lipinski definition) is 2. The Morgan fingerprint density at radius 1 is 1.31 bits per heavy atom. The maximum atomic E-state index is 5.84. The van der Waals surface area contributed by atoms with E-state index >= 15 is 0 Å². The molecule has 0 aromatic carbocycles. The Bertz CT molecular complexity index is 376. The van der Waals surface area contributed by atoms with Gasteiger partial charge in [0.25, 0.3) is 0 Å². The van der Waals surface area contributed by atoms with E-state index in [9.17, 15) is 0 Å². The Morgan fingerprint density at radius 3 is 2.81 bits per heavy atom. The summed E-state index contributed by atoms with van der Waals surface area (Å²) in [6.07, 6.45) is 6.13. The minimum atomic E-state index is 0.591. The predicted octanol–water partition coefficient (Wildman–Crippen LogP) is 2.84. The quantitative estimate of drug-likeness (QED) is 0.799. The second-order valence-electron chi connectivity index (χ2n) is 5.09. The summed E-state index contributed by atoms with van der Waals surface area (Å²) >= 11 is 5.84. The molecule has 2 nitrogen and oxygen atoms in total. The normalized spacial score (nSPS) is 36.9. The van der Waals surface area contributed by atoms with Crippen molar-refractivity contribution in [3.8, 4) is 0 Å². The fourth-order valence-electron chi connectivity index (χ4n) is 3.77. The van der Waals surface area contributed by atoms with Gasteiger partial charge in [0.15, 0.2) is 0 Å². The van der Waals surface area contributed by atoms with E-state index in [2.05, 4.69) is 23.4 Å². The topological polar surface area (TPSA) is 24.9 Å². The zero-order valence-corrected chi connectivity index (χ0v) is 10.2. The number of pyridine rings is 1. The van der Waals surface area contributed by atoms with Crippen LogP contribution in [0, 0.1) is 11.8 Å². The summed E-state index contributed by atoms with van der Waals surface area (Å²) in [6.45, 7) is 0. The third-order valence-electron chi connectivity index (χ3n) is 4.38. The molecule has 2 fully saturated rings. The standard InChI is InChI=1S/C13H17ClN2/c1-15-13-9-3-2-8(6-9)12(13)10-4-5-11(14)16-7-10/h4-5,7-9,12-13,15H,2-3,6H2,1H3/t8-,9+,12-,13+/m0/s1. The number of nitrogens with one attached hydrogen (secondary N) is 1. The van der Waals surface area contributed by atoms with Crippen LogP contribution in [0.2, 0.25) is 5.15 Å². The third kappa shape index (κ3) is 1.56. The minimum absolute atomic E-state index is 0.591. The summed E-state index contributed by atoms with van der Waals surface area (Å²) in [7, 11) is 2.09. The first-order chi connectivity index (χ1) is 7.79. The van der Waals surface area contributed by atoms with E-state index in [-0.39, 0.29) is 0 Å². The van der Waals surface area contributed by atoms with Gasteiger partial charge >= 0.3 is 0 Å². The number of aromatic nitrogens is 1. The number of likely N-dealkylation sites (N-methyl/N-ethyl adjacent to an activating group) is 1. The Kier molecular flexibility index (Phi) is 2.64. The van der Waals surface area contributed by atoms with E-state index in [1.165, 1.54) is 24.8 Å². The predicted molar refractivity (Wildman–Crippen MR) is 65.7 cm³/mol. The molecule has 2 aliphatic rings. The summed E-state index contributed by atoms with van der Waals surface area (Å²) in [5.41, 5.74) is 1.36. The second-order valence-corrected chi connectivity index (χ2v) is 5.47. The Morgan fingerprint density at radius 2 is 2.12 bits per heavy atom. The van der Waals surface area contributed by atoms with Gasteiger partial charge in [-0.3, -0.25) is 0 Å². The van der Waals surface area contributed by atoms with Crippen LogP contribution in [0.5, 0.6) is 0 Å². The smallest absolute Gasteiger partial charge is 0.129 e. The van der Waals surface area contributed by atoms with Crippen LogP contribution < -0.4 is 5.32 Å². The van der Waals surface area contributed by atoms with Gasteiger partial charge in [0.1, 0.15) is 5.15 Å². The molecule has 0 saturated heterocycles. The molecule has 2 bridgehead atoms. The van der Waals surface area contributed by atoms with Crippen LogP contribution in [0.25, 0.3) is 0 Å². The molecule has 3 rings (SSSR count). The van der Waals surface area contributed by atoms with Gasteiger partial charge in [0, 0.05) is 18.2 Å². The molecular weight excluding hydrogens is 220 g/mol. The highest BCUT2D eigenvalue weighted by Crippen LogP contribution is 2.52. The van der Waals surface area contributed by atoms with Crippen molar-refractivity contribution in [1.29, 1.82) is 0 Å². The number of rotatable bonds is 2. The van der Waals surface area contributed by atoms with Crippen molar-refractivity contribution >= 4 is 11.6 Å². The van der Waals surface area contributed by atoms with Crippen molar-refractivity contribution in [3.05, 3.63) is 29.0 Å². The molecule has 1 aromatic heterocycles. The largest absolute Gasteiger partial charge is 0.316 e. The summed E-state index contributed by atoms with van der Waals surface area (Å²) in [5.74, 6) is 2.37. The summed E-state index contributed by atoms with van der Waals surface area (Å²) in [6, 6.07) is 4.70. The fraction of sp³-hybridized carbons (Fsp3) is 0.615. The molecular formula is C13H17ClN2. The maximum Gasteiger partial charge on any atom is 0.129 e. The highest BCUT2D eigenvalue weighted by atomic mass is 35.5. The molecule has 4 atom stereocenters. The Hall–Kier alpha value is -0.600. The summed E-state index contributed by atoms with van der Waals surface area (Å²) < 4.78 is 0. The number of hydrogen-bond donors (Lipinski definition) is 1. The molecule has 0 aliphatic heterocycles. The summed E-state index contributed by atoms with van der Waals surface area (Å²) in [4.78, 5) is 4.21. The van der Waals surface area contributed by atoms with Crippen molar-refractivity contribution in [1.82, 2.24) is 10.3 Å². The van der Waals surface area contributed by atoms with Gasteiger partial charge < -0.3 is 5.32 Å². The monoisotopic (exact) mass is 236 g/mol. The van der Waals surface area contributed by atoms with Gasteiger partial charge in [0.05, 0.1) is 0 Å². The lowest BCUT2D eigenvalue weighted by Crippen LogP contribution is -2.37. The molecule has 1 N–H and O–H groups in total. The van der Waals surface area contributed by atoms with Crippen molar-refractivity contribution in [2.75, 3.05) is 7.05 Å². The van der Waals surface area contributed by atoms with Crippen LogP contribution in [0.1, 0.15) is 30.7 Å². The highest BCUT2D eigenvalue weighted by Gasteiger charge is 2.47. The van der Waals surface area contributed by atoms with Crippen LogP contribution in [0.4, 0.5) is 0 Å². The Labute approximate surface area is 101 Å². The fourth-order valence-corrected chi connectivity index (χ4v) is 3.88. The first-order valence-electron chi connectivity index (χ1n) is 6.08. The number of halogens is 1. The van der Waals surface area contributed by atoms with E-state index in [0.29, 0.717) is 17.1 Å². The molecule has 0 radical (unpaired) electrons. The van der Waals surface area contributed by atoms with Crippen LogP contribution in [-0.4, -0.2) is 18.1 Å². The third-order valence-corrected chi connectivity index (χ3v) is 4.61. The first-order valence-corrected chi connectivity index (χ1v) is 6.46. The van der Waals surface area contributed by atoms with Gasteiger partial charge in [-0.25, -0.2) is 4.98 Å². The molecule has 2 saturated carbocycles. The van der Waals surface area contributed by atoms with Crippen molar-refractivity contribution in [3.63, 3.8) is 0 Å². The molecule has 16 heavy (non-hydrogen) atoms. The van der Waals surface area contributed by atoms with Crippen LogP contribution >= 0.6 is 11.6 Å². The van der Waals surface area contributed by atoms with Crippen LogP contribution in [0.15, 0.2) is 18.3 Å². The van der Waals surface area contributed by atoms with E-state index in [1.54, 1.807) is 0 Å². The van der Waals surface area contributed by atoms with E-state index < -0.39 is 0 Å². The summed E-state index contributed by atoms with van der Waals surface area (Å²) in [5, 5.41) is 4.09. The molecule has 0 unspecified atom stereocenters. The van der Waals surface area contributed by atoms with Crippen molar-refractivity contribution in [2.24, 2.45) is 11.8 Å². The van der Waals surface area contributed by atoms with E-state index in [4.69, 9.17) is 11.6 Å². The van der Waals surface area contributed by atoms with Gasteiger partial charge in [-0.05, 0) is 49.8 Å². The van der Waals surface area contributed by atoms with Crippen molar-refractivity contribution < 1.29 is 0 Å². The van der Waals surface area contributed by atoms with Crippen LogP contribution in [0.3, 0.4) is 0 Å². The zero-order valence-electron chi connectivity index (χ0n) is 9.49. The zero-order chi connectivity index (χ0) is 11.1. The average molecular weight is 237 g/mol. The van der Waals surface area contributed by atoms with E-state index in [1.807, 2.05) is 12.3 Å². The molecule has 1 aromatic rings. The van der Waals surface area contributed by atoms with Crippen LogP contribution in [-0.2, 0) is 0 Å². The Balaban J connectivity index is 1.91. The van der Waals surface area contributed by atoms with Gasteiger partial charge in [0.2, 0.25) is 0 Å². The van der Waals surface area contributed by atoms with Crippen molar-refractivity contribution in [2.45, 2.75) is 31.2 Å².